The molecule has 1 aromatic rings. The van der Waals surface area contributed by atoms with Crippen LogP contribution in [0.3, 0.4) is 0 Å². The van der Waals surface area contributed by atoms with Gasteiger partial charge in [-0.25, -0.2) is 0 Å². The molecule has 1 atom stereocenters. The first-order chi connectivity index (χ1) is 6.67. The monoisotopic (exact) mass is 236 g/mol. The van der Waals surface area contributed by atoms with E-state index in [-0.39, 0.29) is 0 Å². The summed E-state index contributed by atoms with van der Waals surface area (Å²) >= 11 is 7.21. The number of halogens is 1. The third-order valence-electron chi connectivity index (χ3n) is 1.82. The minimum Gasteiger partial charge on any atom is -0.387 e. The van der Waals surface area contributed by atoms with E-state index in [1.165, 1.54) is 25.6 Å². The van der Waals surface area contributed by atoms with E-state index in [2.05, 4.69) is 0 Å². The highest BCUT2D eigenvalue weighted by Crippen LogP contribution is 2.23. The number of hydrogen-bond donors (Lipinski definition) is 1. The van der Waals surface area contributed by atoms with Crippen molar-refractivity contribution in [3.63, 3.8) is 0 Å². The summed E-state index contributed by atoms with van der Waals surface area (Å²) in [5.74, 6) is 0. The minimum absolute atomic E-state index is 0.490. The van der Waals surface area contributed by atoms with Gasteiger partial charge in [0.15, 0.2) is 6.29 Å². The second-order valence-corrected chi connectivity index (χ2v) is 4.62. The fraction of sp³-hybridized carbons (Fsp3) is 0.556. The Kier molecular flexibility index (Phi) is 4.84. The molecule has 0 saturated carbocycles. The van der Waals surface area contributed by atoms with E-state index >= 15 is 0 Å². The van der Waals surface area contributed by atoms with Crippen molar-refractivity contribution in [3.8, 4) is 0 Å². The van der Waals surface area contributed by atoms with Gasteiger partial charge in [0.05, 0.1) is 4.34 Å². The number of aliphatic hydroxyl groups excluding tert-OH is 1. The zero-order valence-corrected chi connectivity index (χ0v) is 9.64. The molecule has 0 bridgehead atoms. The molecule has 14 heavy (non-hydrogen) atoms. The summed E-state index contributed by atoms with van der Waals surface area (Å²) in [4.78, 5) is 1.02. The number of hydrogen-bond acceptors (Lipinski definition) is 4. The third kappa shape index (κ3) is 3.22. The molecule has 1 rings (SSSR count). The van der Waals surface area contributed by atoms with Gasteiger partial charge in [-0.15, -0.1) is 11.3 Å². The minimum atomic E-state index is -0.667. The predicted octanol–water partition coefficient (Wildman–Crippen LogP) is 1.92. The van der Waals surface area contributed by atoms with Crippen LogP contribution in [0.5, 0.6) is 0 Å². The van der Waals surface area contributed by atoms with Crippen molar-refractivity contribution in [1.29, 1.82) is 0 Å². The van der Waals surface area contributed by atoms with Crippen LogP contribution < -0.4 is 0 Å². The maximum Gasteiger partial charge on any atom is 0.183 e. The average molecular weight is 237 g/mol. The summed E-state index contributed by atoms with van der Waals surface area (Å²) in [5, 5.41) is 9.69. The van der Waals surface area contributed by atoms with Gasteiger partial charge in [0.2, 0.25) is 0 Å². The predicted molar refractivity (Wildman–Crippen MR) is 56.8 cm³/mol. The lowest BCUT2D eigenvalue weighted by molar-refractivity contribution is -0.163. The number of aliphatic hydroxyl groups is 1. The summed E-state index contributed by atoms with van der Waals surface area (Å²) < 4.78 is 10.6. The number of methoxy groups -OCH3 is 2. The molecule has 1 unspecified atom stereocenters. The van der Waals surface area contributed by atoms with E-state index in [0.717, 1.165) is 9.21 Å². The first-order valence-electron chi connectivity index (χ1n) is 4.15. The molecule has 5 heteroatoms. The highest BCUT2D eigenvalue weighted by atomic mass is 35.5. The van der Waals surface area contributed by atoms with Gasteiger partial charge in [-0.2, -0.15) is 0 Å². The summed E-state index contributed by atoms with van der Waals surface area (Å²) in [6.45, 7) is 0. The highest BCUT2D eigenvalue weighted by Gasteiger charge is 2.18. The van der Waals surface area contributed by atoms with Crippen LogP contribution in [0.4, 0.5) is 0 Å². The molecular weight excluding hydrogens is 224 g/mol. The summed E-state index contributed by atoms with van der Waals surface area (Å²) in [5.41, 5.74) is 0. The van der Waals surface area contributed by atoms with Gasteiger partial charge >= 0.3 is 0 Å². The molecule has 1 heterocycles. The van der Waals surface area contributed by atoms with Crippen molar-refractivity contribution in [1.82, 2.24) is 0 Å². The maximum absolute atomic E-state index is 9.69. The van der Waals surface area contributed by atoms with Crippen molar-refractivity contribution in [2.75, 3.05) is 14.2 Å². The molecule has 0 aliphatic heterocycles. The van der Waals surface area contributed by atoms with Crippen molar-refractivity contribution in [2.45, 2.75) is 18.8 Å². The summed E-state index contributed by atoms with van der Waals surface area (Å²) in [7, 11) is 3.00. The van der Waals surface area contributed by atoms with Crippen LogP contribution in [-0.4, -0.2) is 31.7 Å². The number of ether oxygens (including phenoxy) is 2. The fourth-order valence-electron chi connectivity index (χ4n) is 1.17. The van der Waals surface area contributed by atoms with E-state index in [9.17, 15) is 5.11 Å². The van der Waals surface area contributed by atoms with Gasteiger partial charge in [-0.05, 0) is 12.1 Å². The molecule has 0 fully saturated rings. The van der Waals surface area contributed by atoms with E-state index < -0.39 is 12.4 Å². The first kappa shape index (κ1) is 11.9. The lowest BCUT2D eigenvalue weighted by Crippen LogP contribution is -2.31. The van der Waals surface area contributed by atoms with Gasteiger partial charge in [0, 0.05) is 25.5 Å². The molecule has 0 amide bonds. The third-order valence-corrected chi connectivity index (χ3v) is 3.07. The molecule has 0 aliphatic rings. The quantitative estimate of drug-likeness (QED) is 0.794. The molecule has 1 N–H and O–H groups in total. The van der Waals surface area contributed by atoms with Crippen molar-refractivity contribution in [2.24, 2.45) is 0 Å². The summed E-state index contributed by atoms with van der Waals surface area (Å²) in [6, 6.07) is 3.70. The Morgan fingerprint density at radius 3 is 2.50 bits per heavy atom. The normalized spacial score (nSPS) is 13.5. The van der Waals surface area contributed by atoms with E-state index in [1.54, 1.807) is 0 Å². The molecule has 0 aliphatic carbocycles. The topological polar surface area (TPSA) is 38.7 Å². The Labute approximate surface area is 92.2 Å². The van der Waals surface area contributed by atoms with Crippen LogP contribution in [-0.2, 0) is 15.9 Å². The molecule has 0 aromatic carbocycles. The molecular formula is C9H13ClO3S. The van der Waals surface area contributed by atoms with E-state index in [4.69, 9.17) is 21.1 Å². The molecule has 0 spiro atoms. The number of thiophene rings is 1. The van der Waals surface area contributed by atoms with E-state index in [1.807, 2.05) is 12.1 Å². The van der Waals surface area contributed by atoms with Gasteiger partial charge < -0.3 is 14.6 Å². The lowest BCUT2D eigenvalue weighted by Gasteiger charge is -2.19. The largest absolute Gasteiger partial charge is 0.387 e. The Balaban J connectivity index is 2.51. The maximum atomic E-state index is 9.69. The summed E-state index contributed by atoms with van der Waals surface area (Å²) in [6.07, 6.45) is -0.764. The van der Waals surface area contributed by atoms with Crippen molar-refractivity contribution >= 4 is 22.9 Å². The van der Waals surface area contributed by atoms with Crippen LogP contribution in [0.25, 0.3) is 0 Å². The van der Waals surface area contributed by atoms with Gasteiger partial charge in [-0.3, -0.25) is 0 Å². The molecule has 1 aromatic heterocycles. The molecule has 80 valence electrons. The SMILES string of the molecule is COC(OC)C(O)Cc1ccc(Cl)s1. The van der Waals surface area contributed by atoms with Gasteiger partial charge in [0.25, 0.3) is 0 Å². The van der Waals surface area contributed by atoms with Crippen molar-refractivity contribution < 1.29 is 14.6 Å². The first-order valence-corrected chi connectivity index (χ1v) is 5.34. The van der Waals surface area contributed by atoms with E-state index in [0.29, 0.717) is 6.42 Å². The smallest absolute Gasteiger partial charge is 0.183 e. The highest BCUT2D eigenvalue weighted by molar-refractivity contribution is 7.16. The zero-order chi connectivity index (χ0) is 10.6. The Hall–Kier alpha value is -0.130. The number of rotatable bonds is 5. The molecule has 0 saturated heterocycles. The van der Waals surface area contributed by atoms with Gasteiger partial charge in [0.1, 0.15) is 6.10 Å². The van der Waals surface area contributed by atoms with Crippen molar-refractivity contribution in [3.05, 3.63) is 21.3 Å². The lowest BCUT2D eigenvalue weighted by atomic mass is 10.2. The average Bonchev–Trinajstić information content (AvgIpc) is 2.53. The van der Waals surface area contributed by atoms with Crippen LogP contribution in [0.15, 0.2) is 12.1 Å². The second-order valence-electron chi connectivity index (χ2n) is 2.82. The molecule has 3 nitrogen and oxygen atoms in total. The van der Waals surface area contributed by atoms with Gasteiger partial charge in [-0.1, -0.05) is 11.6 Å². The van der Waals surface area contributed by atoms with Crippen LogP contribution in [0, 0.1) is 0 Å². The van der Waals surface area contributed by atoms with Crippen LogP contribution in [0.2, 0.25) is 4.34 Å². The molecule has 0 radical (unpaired) electrons. The Morgan fingerprint density at radius 1 is 1.43 bits per heavy atom. The standard InChI is InChI=1S/C9H13ClO3S/c1-12-9(13-2)7(11)5-6-3-4-8(10)14-6/h3-4,7,9,11H,5H2,1-2H3. The Morgan fingerprint density at radius 2 is 2.07 bits per heavy atom. The van der Waals surface area contributed by atoms with Crippen LogP contribution in [0.1, 0.15) is 4.88 Å². The Bertz CT molecular complexity index is 273. The van der Waals surface area contributed by atoms with Crippen LogP contribution >= 0.6 is 22.9 Å². The second kappa shape index (κ2) is 5.68. The fourth-order valence-corrected chi connectivity index (χ4v) is 2.31. The zero-order valence-electron chi connectivity index (χ0n) is 8.07.